The third kappa shape index (κ3) is 4.68. The second-order valence-corrected chi connectivity index (χ2v) is 6.67. The van der Waals surface area contributed by atoms with Crippen LogP contribution in [0.3, 0.4) is 0 Å². The van der Waals surface area contributed by atoms with Gasteiger partial charge in [0.2, 0.25) is 11.9 Å². The van der Waals surface area contributed by atoms with Crippen LogP contribution in [0.25, 0.3) is 11.0 Å². The van der Waals surface area contributed by atoms with Gasteiger partial charge >= 0.3 is 0 Å². The molecule has 0 saturated heterocycles. The molecule has 148 valence electrons. The van der Waals surface area contributed by atoms with Crippen LogP contribution in [0.5, 0.6) is 0 Å². The van der Waals surface area contributed by atoms with Crippen LogP contribution in [-0.2, 0) is 6.54 Å². The van der Waals surface area contributed by atoms with Crippen molar-refractivity contribution in [3.63, 3.8) is 0 Å². The van der Waals surface area contributed by atoms with Crippen molar-refractivity contribution in [1.82, 2.24) is 29.9 Å². The number of rotatable bonds is 8. The van der Waals surface area contributed by atoms with Crippen LogP contribution in [0.15, 0.2) is 18.5 Å². The first-order valence-electron chi connectivity index (χ1n) is 8.81. The summed E-state index contributed by atoms with van der Waals surface area (Å²) in [6, 6.07) is 1.76. The van der Waals surface area contributed by atoms with Gasteiger partial charge in [0.15, 0.2) is 11.6 Å². The molecule has 0 aliphatic rings. The lowest BCUT2D eigenvalue weighted by atomic mass is 10.1. The fourth-order valence-electron chi connectivity index (χ4n) is 2.40. The van der Waals surface area contributed by atoms with E-state index in [1.807, 2.05) is 0 Å². The number of fused-ring (bicyclic) bond motifs is 1. The van der Waals surface area contributed by atoms with Crippen LogP contribution in [0.1, 0.15) is 19.7 Å². The number of nitrogens with one attached hydrogen (secondary N) is 4. The quantitative estimate of drug-likeness (QED) is 0.380. The minimum atomic E-state index is -0.895. The molecule has 11 nitrogen and oxygen atoms in total. The largest absolute Gasteiger partial charge is 0.389 e. The summed E-state index contributed by atoms with van der Waals surface area (Å²) >= 11 is 0. The van der Waals surface area contributed by atoms with E-state index in [0.29, 0.717) is 53.5 Å². The Labute approximate surface area is 162 Å². The third-order valence-electron chi connectivity index (χ3n) is 3.72. The first-order chi connectivity index (χ1) is 13.4. The molecule has 0 radical (unpaired) electrons. The van der Waals surface area contributed by atoms with Gasteiger partial charge in [-0.15, -0.1) is 0 Å². The predicted octanol–water partition coefficient (Wildman–Crippen LogP) is 1.09. The Kier molecular flexibility index (Phi) is 5.64. The maximum atomic E-state index is 9.92. The highest BCUT2D eigenvalue weighted by Crippen LogP contribution is 2.26. The summed E-state index contributed by atoms with van der Waals surface area (Å²) in [5, 5.41) is 22.2. The zero-order valence-electron chi connectivity index (χ0n) is 16.3. The number of nitrogens with zero attached hydrogens (tertiary/aromatic N) is 6. The summed E-state index contributed by atoms with van der Waals surface area (Å²) in [7, 11) is 3.52. The van der Waals surface area contributed by atoms with Gasteiger partial charge < -0.3 is 26.4 Å². The molecular weight excluding hydrogens is 360 g/mol. The average Bonchev–Trinajstić information content (AvgIpc) is 2.69. The van der Waals surface area contributed by atoms with E-state index in [2.05, 4.69) is 51.2 Å². The highest BCUT2D eigenvalue weighted by Gasteiger charge is 2.17. The van der Waals surface area contributed by atoms with Crippen LogP contribution in [0, 0.1) is 0 Å². The number of hydrogen-bond donors (Lipinski definition) is 5. The van der Waals surface area contributed by atoms with Crippen molar-refractivity contribution in [2.45, 2.75) is 26.0 Å². The molecule has 5 N–H and O–H groups in total. The molecular formula is C17H24N10O. The van der Waals surface area contributed by atoms with Crippen LogP contribution < -0.4 is 21.3 Å². The summed E-state index contributed by atoms with van der Waals surface area (Å²) in [6.07, 6.45) is 3.36. The molecule has 0 amide bonds. The fraction of sp³-hybridized carbons (Fsp3) is 0.412. The molecule has 3 aromatic heterocycles. The molecule has 0 aliphatic carbocycles. The molecule has 0 unspecified atom stereocenters. The number of aliphatic hydroxyl groups is 1. The maximum absolute atomic E-state index is 9.92. The molecule has 0 aromatic carbocycles. The first kappa shape index (κ1) is 19.4. The van der Waals surface area contributed by atoms with Gasteiger partial charge in [-0.05, 0) is 19.9 Å². The van der Waals surface area contributed by atoms with Gasteiger partial charge in [0.05, 0.1) is 12.1 Å². The monoisotopic (exact) mass is 384 g/mol. The summed E-state index contributed by atoms with van der Waals surface area (Å²) < 4.78 is 0. The summed E-state index contributed by atoms with van der Waals surface area (Å²) in [5.74, 6) is 2.50. The van der Waals surface area contributed by atoms with Crippen LogP contribution >= 0.6 is 0 Å². The molecule has 3 aromatic rings. The van der Waals surface area contributed by atoms with E-state index in [4.69, 9.17) is 0 Å². The molecule has 0 aliphatic heterocycles. The standard InChI is InChI=1S/C17H24N10O/c1-17(2,28)9-23-16-25-12-11(14(19-4)27-16)24-15(26-13(12)18-3)22-8-10-20-6-5-7-21-10/h5-7,28H,8-9H2,1-4H3,(H2,18,22,24,26)(H2,19,23,25,27). The van der Waals surface area contributed by atoms with Crippen molar-refractivity contribution in [3.05, 3.63) is 24.3 Å². The molecule has 28 heavy (non-hydrogen) atoms. The van der Waals surface area contributed by atoms with Crippen LogP contribution in [0.2, 0.25) is 0 Å². The summed E-state index contributed by atoms with van der Waals surface area (Å²) in [5.41, 5.74) is 0.224. The van der Waals surface area contributed by atoms with Crippen LogP contribution in [0.4, 0.5) is 23.5 Å². The zero-order chi connectivity index (χ0) is 20.1. The Morgan fingerprint density at radius 1 is 0.857 bits per heavy atom. The number of aromatic nitrogens is 6. The lowest BCUT2D eigenvalue weighted by Gasteiger charge is -2.18. The van der Waals surface area contributed by atoms with Crippen molar-refractivity contribution >= 4 is 34.6 Å². The van der Waals surface area contributed by atoms with Crippen molar-refractivity contribution in [1.29, 1.82) is 0 Å². The lowest BCUT2D eigenvalue weighted by molar-refractivity contribution is 0.0943. The SMILES string of the molecule is CNc1nc(NCC(C)(C)O)nc2c(NC)nc(NCc3ncccn3)nc12. The van der Waals surface area contributed by atoms with E-state index < -0.39 is 5.60 Å². The van der Waals surface area contributed by atoms with Gasteiger partial charge in [-0.3, -0.25) is 0 Å². The predicted molar refractivity (Wildman–Crippen MR) is 108 cm³/mol. The molecule has 0 saturated carbocycles. The molecule has 0 fully saturated rings. The number of anilines is 4. The smallest absolute Gasteiger partial charge is 0.225 e. The van der Waals surface area contributed by atoms with E-state index in [0.717, 1.165) is 0 Å². The van der Waals surface area contributed by atoms with Crippen LogP contribution in [-0.4, -0.2) is 61.3 Å². The van der Waals surface area contributed by atoms with Gasteiger partial charge in [-0.2, -0.15) is 9.97 Å². The maximum Gasteiger partial charge on any atom is 0.225 e. The van der Waals surface area contributed by atoms with E-state index in [-0.39, 0.29) is 0 Å². The molecule has 0 bridgehead atoms. The van der Waals surface area contributed by atoms with Gasteiger partial charge in [-0.1, -0.05) is 0 Å². The van der Waals surface area contributed by atoms with Crippen molar-refractivity contribution in [2.24, 2.45) is 0 Å². The van der Waals surface area contributed by atoms with Gasteiger partial charge in [0.25, 0.3) is 0 Å². The highest BCUT2D eigenvalue weighted by molar-refractivity contribution is 5.94. The molecule has 0 spiro atoms. The second kappa shape index (κ2) is 8.13. The van der Waals surface area contributed by atoms with E-state index in [1.165, 1.54) is 0 Å². The Morgan fingerprint density at radius 2 is 1.39 bits per heavy atom. The lowest BCUT2D eigenvalue weighted by Crippen LogP contribution is -2.30. The zero-order valence-corrected chi connectivity index (χ0v) is 16.3. The second-order valence-electron chi connectivity index (χ2n) is 6.67. The summed E-state index contributed by atoms with van der Waals surface area (Å²) in [4.78, 5) is 26.3. The minimum Gasteiger partial charge on any atom is -0.389 e. The molecule has 3 heterocycles. The summed E-state index contributed by atoms with van der Waals surface area (Å²) in [6.45, 7) is 4.09. The van der Waals surface area contributed by atoms with Crippen molar-refractivity contribution < 1.29 is 5.11 Å². The minimum absolute atomic E-state index is 0.300. The van der Waals surface area contributed by atoms with E-state index in [1.54, 1.807) is 46.4 Å². The van der Waals surface area contributed by atoms with E-state index in [9.17, 15) is 5.11 Å². The number of hydrogen-bond acceptors (Lipinski definition) is 11. The molecule has 11 heteroatoms. The van der Waals surface area contributed by atoms with Gasteiger partial charge in [-0.25, -0.2) is 19.9 Å². The first-order valence-corrected chi connectivity index (χ1v) is 8.81. The Morgan fingerprint density at radius 3 is 1.89 bits per heavy atom. The van der Waals surface area contributed by atoms with Gasteiger partial charge in [0, 0.05) is 33.0 Å². The topological polar surface area (TPSA) is 146 Å². The van der Waals surface area contributed by atoms with Crippen molar-refractivity contribution in [3.8, 4) is 0 Å². The highest BCUT2D eigenvalue weighted by atomic mass is 16.3. The molecule has 0 atom stereocenters. The Hall–Kier alpha value is -3.34. The third-order valence-corrected chi connectivity index (χ3v) is 3.72. The normalized spacial score (nSPS) is 11.3. The van der Waals surface area contributed by atoms with E-state index >= 15 is 0 Å². The fourth-order valence-corrected chi connectivity index (χ4v) is 2.40. The average molecular weight is 384 g/mol. The Bertz CT molecular complexity index is 942. The Balaban J connectivity index is 1.94. The van der Waals surface area contributed by atoms with Gasteiger partial charge in [0.1, 0.15) is 16.9 Å². The van der Waals surface area contributed by atoms with Crippen molar-refractivity contribution in [2.75, 3.05) is 41.9 Å². The molecule has 3 rings (SSSR count).